The van der Waals surface area contributed by atoms with Crippen LogP contribution in [0.5, 0.6) is 0 Å². The molecular formula is C28H22F2N2O2S. The largest absolute Gasteiger partial charge is 0.342 e. The smallest absolute Gasteiger partial charge is 0.293 e. The Morgan fingerprint density at radius 1 is 0.857 bits per heavy atom. The summed E-state index contributed by atoms with van der Waals surface area (Å²) in [6.07, 6.45) is 4.57. The van der Waals surface area contributed by atoms with Crippen molar-refractivity contribution in [2.24, 2.45) is 0 Å². The first-order valence-corrected chi connectivity index (χ1v) is 12.1. The molecule has 0 atom stereocenters. The molecule has 0 N–H and O–H groups in total. The van der Waals surface area contributed by atoms with Crippen molar-refractivity contribution in [2.75, 3.05) is 0 Å². The number of benzene rings is 3. The fraction of sp³-hybridized carbons (Fsp3) is 0.143. The molecule has 0 aliphatic carbocycles. The van der Waals surface area contributed by atoms with E-state index in [9.17, 15) is 18.4 Å². The predicted octanol–water partition coefficient (Wildman–Crippen LogP) is 6.77. The summed E-state index contributed by atoms with van der Waals surface area (Å²) in [5.74, 6) is -1.01. The lowest BCUT2D eigenvalue weighted by molar-refractivity contribution is -0.123. The van der Waals surface area contributed by atoms with Crippen molar-refractivity contribution >= 4 is 39.9 Å². The van der Waals surface area contributed by atoms with E-state index in [0.29, 0.717) is 17.0 Å². The van der Waals surface area contributed by atoms with E-state index in [1.165, 1.54) is 29.2 Å². The van der Waals surface area contributed by atoms with Gasteiger partial charge in [-0.05, 0) is 65.2 Å². The molecule has 1 fully saturated rings. The van der Waals surface area contributed by atoms with Crippen LogP contribution < -0.4 is 0 Å². The van der Waals surface area contributed by atoms with Gasteiger partial charge in [-0.2, -0.15) is 0 Å². The number of fused-ring (bicyclic) bond motifs is 1. The van der Waals surface area contributed by atoms with Crippen molar-refractivity contribution in [3.8, 4) is 0 Å². The third-order valence-corrected chi connectivity index (χ3v) is 6.98. The van der Waals surface area contributed by atoms with Crippen LogP contribution in [0, 0.1) is 11.6 Å². The highest BCUT2D eigenvalue weighted by molar-refractivity contribution is 8.18. The van der Waals surface area contributed by atoms with Crippen molar-refractivity contribution in [1.29, 1.82) is 0 Å². The zero-order valence-corrected chi connectivity index (χ0v) is 19.8. The molecule has 176 valence electrons. The van der Waals surface area contributed by atoms with E-state index < -0.39 is 0 Å². The number of halogens is 2. The fourth-order valence-corrected chi connectivity index (χ4v) is 5.16. The Morgan fingerprint density at radius 3 is 2.11 bits per heavy atom. The van der Waals surface area contributed by atoms with Gasteiger partial charge in [-0.3, -0.25) is 14.5 Å². The van der Waals surface area contributed by atoms with Crippen LogP contribution in [0.25, 0.3) is 17.0 Å². The summed E-state index contributed by atoms with van der Waals surface area (Å²) >= 11 is 0.906. The number of rotatable bonds is 6. The van der Waals surface area contributed by atoms with E-state index in [4.69, 9.17) is 0 Å². The zero-order chi connectivity index (χ0) is 24.5. The van der Waals surface area contributed by atoms with E-state index >= 15 is 0 Å². The van der Waals surface area contributed by atoms with Crippen molar-refractivity contribution in [3.63, 3.8) is 0 Å². The van der Waals surface area contributed by atoms with Gasteiger partial charge in [0.15, 0.2) is 0 Å². The number of para-hydroxylation sites is 1. The van der Waals surface area contributed by atoms with E-state index in [2.05, 4.69) is 17.6 Å². The number of aromatic nitrogens is 1. The van der Waals surface area contributed by atoms with Gasteiger partial charge in [-0.25, -0.2) is 8.78 Å². The van der Waals surface area contributed by atoms with Crippen molar-refractivity contribution < 1.29 is 18.4 Å². The molecule has 4 nitrogen and oxygen atoms in total. The molecule has 0 radical (unpaired) electrons. The highest BCUT2D eigenvalue weighted by atomic mass is 32.2. The van der Waals surface area contributed by atoms with Gasteiger partial charge in [0, 0.05) is 23.7 Å². The van der Waals surface area contributed by atoms with Gasteiger partial charge in [-0.1, -0.05) is 49.4 Å². The maximum Gasteiger partial charge on any atom is 0.293 e. The summed E-state index contributed by atoms with van der Waals surface area (Å²) in [6.45, 7) is 2.73. The molecule has 1 aliphatic heterocycles. The molecule has 1 aliphatic rings. The number of hydrogen-bond donors (Lipinski definition) is 0. The third-order valence-electron chi connectivity index (χ3n) is 6.07. The maximum absolute atomic E-state index is 13.4. The van der Waals surface area contributed by atoms with E-state index in [1.54, 1.807) is 30.3 Å². The Kier molecular flexibility index (Phi) is 6.26. The summed E-state index contributed by atoms with van der Waals surface area (Å²) in [6, 6.07) is 18.2. The molecule has 0 unspecified atom stereocenters. The van der Waals surface area contributed by atoms with Crippen molar-refractivity contribution in [3.05, 3.63) is 112 Å². The Hall–Kier alpha value is -3.71. The fourth-order valence-electron chi connectivity index (χ4n) is 4.33. The second-order valence-corrected chi connectivity index (χ2v) is 9.39. The molecule has 5 rings (SSSR count). The summed E-state index contributed by atoms with van der Waals surface area (Å²) < 4.78 is 28.7. The molecule has 1 saturated heterocycles. The van der Waals surface area contributed by atoms with Gasteiger partial charge in [0.1, 0.15) is 11.6 Å². The van der Waals surface area contributed by atoms with Crippen LogP contribution in [0.15, 0.2) is 77.8 Å². The lowest BCUT2D eigenvalue weighted by atomic mass is 10.1. The quantitative estimate of drug-likeness (QED) is 0.282. The lowest BCUT2D eigenvalue weighted by Gasteiger charge is -2.12. The van der Waals surface area contributed by atoms with Gasteiger partial charge >= 0.3 is 0 Å². The first kappa shape index (κ1) is 23.1. The number of carbonyl (C=O) groups excluding carboxylic acids is 2. The zero-order valence-electron chi connectivity index (χ0n) is 19.0. The molecule has 2 amide bonds. The first-order chi connectivity index (χ1) is 16.9. The second kappa shape index (κ2) is 9.50. The number of aryl methyl sites for hydroxylation is 1. The maximum atomic E-state index is 13.4. The molecule has 3 aromatic carbocycles. The van der Waals surface area contributed by atoms with Crippen LogP contribution in [0.3, 0.4) is 0 Å². The highest BCUT2D eigenvalue weighted by Gasteiger charge is 2.35. The lowest BCUT2D eigenvalue weighted by Crippen LogP contribution is -2.27. The molecule has 0 saturated carbocycles. The standard InChI is InChI=1S/C28H22F2N2O2S/c1-2-20-4-3-5-24-21(17-31(26(20)24)15-18-6-10-22(29)11-7-18)14-25-27(33)32(28(34)35-25)16-19-8-12-23(30)13-9-19/h3-14,17H,2,15-16H2,1H3/b25-14-. The Balaban J connectivity index is 1.50. The third kappa shape index (κ3) is 4.64. The molecule has 35 heavy (non-hydrogen) atoms. The summed E-state index contributed by atoms with van der Waals surface area (Å²) in [7, 11) is 0. The minimum absolute atomic E-state index is 0.0919. The number of amides is 2. The van der Waals surface area contributed by atoms with Crippen LogP contribution >= 0.6 is 11.8 Å². The molecule has 1 aromatic heterocycles. The molecule has 7 heteroatoms. The highest BCUT2D eigenvalue weighted by Crippen LogP contribution is 2.36. The number of thioether (sulfide) groups is 1. The summed E-state index contributed by atoms with van der Waals surface area (Å²) in [5, 5.41) is 0.631. The van der Waals surface area contributed by atoms with E-state index in [-0.39, 0.29) is 29.3 Å². The van der Waals surface area contributed by atoms with Crippen LogP contribution in [-0.4, -0.2) is 20.6 Å². The SMILES string of the molecule is CCc1cccc2c(/C=C3\SC(=O)N(Cc4ccc(F)cc4)C3=O)cn(Cc3ccc(F)cc3)c12. The second-order valence-electron chi connectivity index (χ2n) is 8.40. The number of nitrogens with zero attached hydrogens (tertiary/aromatic N) is 2. The molecular weight excluding hydrogens is 466 g/mol. The number of hydrogen-bond acceptors (Lipinski definition) is 3. The Morgan fingerprint density at radius 2 is 1.49 bits per heavy atom. The Labute approximate surface area is 205 Å². The topological polar surface area (TPSA) is 42.3 Å². The van der Waals surface area contributed by atoms with Gasteiger partial charge in [0.05, 0.1) is 17.0 Å². The average molecular weight is 489 g/mol. The van der Waals surface area contributed by atoms with Crippen LogP contribution in [0.4, 0.5) is 13.6 Å². The van der Waals surface area contributed by atoms with Crippen LogP contribution in [0.1, 0.15) is 29.2 Å². The molecule has 0 spiro atoms. The van der Waals surface area contributed by atoms with Gasteiger partial charge in [0.2, 0.25) is 0 Å². The number of imide groups is 1. The minimum Gasteiger partial charge on any atom is -0.342 e. The molecule has 0 bridgehead atoms. The van der Waals surface area contributed by atoms with Crippen LogP contribution in [0.2, 0.25) is 0 Å². The van der Waals surface area contributed by atoms with Gasteiger partial charge < -0.3 is 4.57 Å². The molecule has 4 aromatic rings. The number of carbonyl (C=O) groups is 2. The van der Waals surface area contributed by atoms with Crippen molar-refractivity contribution in [1.82, 2.24) is 9.47 Å². The normalized spacial score (nSPS) is 15.1. The van der Waals surface area contributed by atoms with Crippen LogP contribution in [-0.2, 0) is 24.3 Å². The molecule has 2 heterocycles. The Bertz CT molecular complexity index is 1460. The predicted molar refractivity (Wildman–Crippen MR) is 135 cm³/mol. The minimum atomic E-state index is -0.369. The monoisotopic (exact) mass is 488 g/mol. The van der Waals surface area contributed by atoms with E-state index in [0.717, 1.165) is 45.8 Å². The van der Waals surface area contributed by atoms with Gasteiger partial charge in [0.25, 0.3) is 11.1 Å². The van der Waals surface area contributed by atoms with E-state index in [1.807, 2.05) is 18.3 Å². The van der Waals surface area contributed by atoms with Gasteiger partial charge in [-0.15, -0.1) is 0 Å². The van der Waals surface area contributed by atoms with Crippen molar-refractivity contribution in [2.45, 2.75) is 26.4 Å². The first-order valence-electron chi connectivity index (χ1n) is 11.3. The summed E-state index contributed by atoms with van der Waals surface area (Å²) in [5.41, 5.74) is 4.69. The average Bonchev–Trinajstić information content (AvgIpc) is 3.33. The summed E-state index contributed by atoms with van der Waals surface area (Å²) in [4.78, 5) is 27.2.